The topological polar surface area (TPSA) is 76.2 Å². The summed E-state index contributed by atoms with van der Waals surface area (Å²) in [6.45, 7) is 14.0. The maximum Gasteiger partial charge on any atom is 0.251 e. The van der Waals surface area contributed by atoms with Crippen LogP contribution in [0.2, 0.25) is 0 Å². The van der Waals surface area contributed by atoms with Crippen molar-refractivity contribution in [3.8, 4) is 0 Å². The lowest BCUT2D eigenvalue weighted by Gasteiger charge is -2.22. The Labute approximate surface area is 208 Å². The Morgan fingerprint density at radius 1 is 1.14 bits per heavy atom. The summed E-state index contributed by atoms with van der Waals surface area (Å²) in [7, 11) is 0. The van der Waals surface area contributed by atoms with Gasteiger partial charge in [-0.25, -0.2) is 0 Å². The van der Waals surface area contributed by atoms with Gasteiger partial charge in [-0.3, -0.25) is 9.69 Å². The van der Waals surface area contributed by atoms with E-state index in [0.717, 1.165) is 67.6 Å². The molecule has 0 spiro atoms. The predicted molar refractivity (Wildman–Crippen MR) is 138 cm³/mol. The predicted octanol–water partition coefficient (Wildman–Crippen LogP) is 4.97. The van der Waals surface area contributed by atoms with Gasteiger partial charge in [0, 0.05) is 38.2 Å². The lowest BCUT2D eigenvalue weighted by molar-refractivity contribution is 0.0928. The molecule has 1 atom stereocenters. The van der Waals surface area contributed by atoms with Gasteiger partial charge in [0.1, 0.15) is 11.6 Å². The lowest BCUT2D eigenvalue weighted by atomic mass is 10.0. The summed E-state index contributed by atoms with van der Waals surface area (Å²) >= 11 is 0. The molecule has 1 unspecified atom stereocenters. The fourth-order valence-electron chi connectivity index (χ4n) is 4.87. The smallest absolute Gasteiger partial charge is 0.251 e. The number of aromatic nitrogens is 3. The van der Waals surface area contributed by atoms with E-state index in [1.807, 2.05) is 38.1 Å². The van der Waals surface area contributed by atoms with Gasteiger partial charge in [-0.05, 0) is 63.5 Å². The molecule has 7 heteroatoms. The summed E-state index contributed by atoms with van der Waals surface area (Å²) < 4.78 is 7.68. The van der Waals surface area contributed by atoms with Crippen molar-refractivity contribution in [3.05, 3.63) is 76.3 Å². The Kier molecular flexibility index (Phi) is 7.86. The first kappa shape index (κ1) is 24.9. The van der Waals surface area contributed by atoms with E-state index in [9.17, 15) is 4.79 Å². The van der Waals surface area contributed by atoms with Crippen molar-refractivity contribution in [2.45, 2.75) is 60.0 Å². The number of hydrogen-bond donors (Lipinski definition) is 1. The van der Waals surface area contributed by atoms with Crippen LogP contribution in [-0.4, -0.2) is 45.2 Å². The normalized spacial score (nSPS) is 15.7. The quantitative estimate of drug-likeness (QED) is 0.498. The second-order valence-electron chi connectivity index (χ2n) is 10.2. The van der Waals surface area contributed by atoms with E-state index in [0.29, 0.717) is 11.5 Å². The highest BCUT2D eigenvalue weighted by atomic mass is 16.3. The van der Waals surface area contributed by atoms with E-state index in [4.69, 9.17) is 4.42 Å². The maximum absolute atomic E-state index is 13.2. The number of rotatable bonds is 8. The molecule has 1 N–H and O–H groups in total. The van der Waals surface area contributed by atoms with Crippen LogP contribution in [-0.2, 0) is 13.0 Å². The second-order valence-corrected chi connectivity index (χ2v) is 10.2. The molecule has 4 rings (SSSR count). The van der Waals surface area contributed by atoms with Gasteiger partial charge in [0.25, 0.3) is 5.91 Å². The fraction of sp³-hybridized carbons (Fsp3) is 0.464. The molecule has 0 radical (unpaired) electrons. The molecule has 186 valence electrons. The molecule has 1 aliphatic rings. The molecule has 0 bridgehead atoms. The molecular weight excluding hydrogens is 438 g/mol. The van der Waals surface area contributed by atoms with Crippen LogP contribution < -0.4 is 5.32 Å². The Balaban J connectivity index is 1.49. The SMILES string of the molecule is C/C(=C\c1ccco1)CN1CCc2nnc(C(CC(C)C)NC(=O)c3cc(C)cc(C)c3)n2CC1. The Bertz CT molecular complexity index is 1160. The van der Waals surface area contributed by atoms with Gasteiger partial charge in [0.15, 0.2) is 5.82 Å². The van der Waals surface area contributed by atoms with Crippen LogP contribution >= 0.6 is 0 Å². The minimum Gasteiger partial charge on any atom is -0.465 e. The fourth-order valence-corrected chi connectivity index (χ4v) is 4.87. The van der Waals surface area contributed by atoms with Gasteiger partial charge in [-0.2, -0.15) is 0 Å². The van der Waals surface area contributed by atoms with Crippen LogP contribution in [0.3, 0.4) is 0 Å². The first-order valence-corrected chi connectivity index (χ1v) is 12.5. The Hall–Kier alpha value is -3.19. The molecule has 3 aromatic rings. The van der Waals surface area contributed by atoms with Crippen LogP contribution in [0.1, 0.15) is 72.1 Å². The number of nitrogens with zero attached hydrogens (tertiary/aromatic N) is 4. The summed E-state index contributed by atoms with van der Waals surface area (Å²) in [5.74, 6) is 3.08. The number of furan rings is 1. The number of nitrogens with one attached hydrogen (secondary N) is 1. The van der Waals surface area contributed by atoms with E-state index in [1.54, 1.807) is 6.26 Å². The van der Waals surface area contributed by atoms with Gasteiger partial charge in [0.2, 0.25) is 0 Å². The molecule has 2 aromatic heterocycles. The highest BCUT2D eigenvalue weighted by Gasteiger charge is 2.26. The highest BCUT2D eigenvalue weighted by molar-refractivity contribution is 5.94. The van der Waals surface area contributed by atoms with Crippen LogP contribution in [0, 0.1) is 19.8 Å². The summed E-state index contributed by atoms with van der Waals surface area (Å²) in [5.41, 5.74) is 4.12. The molecule has 1 amide bonds. The van der Waals surface area contributed by atoms with Gasteiger partial charge < -0.3 is 14.3 Å². The lowest BCUT2D eigenvalue weighted by Crippen LogP contribution is -2.33. The van der Waals surface area contributed by atoms with E-state index < -0.39 is 0 Å². The first-order valence-electron chi connectivity index (χ1n) is 12.5. The van der Waals surface area contributed by atoms with Crippen molar-refractivity contribution in [1.82, 2.24) is 25.0 Å². The minimum absolute atomic E-state index is 0.0614. The zero-order valence-electron chi connectivity index (χ0n) is 21.5. The molecule has 35 heavy (non-hydrogen) atoms. The zero-order valence-corrected chi connectivity index (χ0v) is 21.5. The number of hydrogen-bond acceptors (Lipinski definition) is 5. The maximum atomic E-state index is 13.2. The highest BCUT2D eigenvalue weighted by Crippen LogP contribution is 2.23. The number of aryl methyl sites for hydroxylation is 2. The zero-order chi connectivity index (χ0) is 24.9. The van der Waals surface area contributed by atoms with Crippen molar-refractivity contribution in [2.75, 3.05) is 19.6 Å². The Morgan fingerprint density at radius 3 is 2.60 bits per heavy atom. The van der Waals surface area contributed by atoms with E-state index in [-0.39, 0.29) is 11.9 Å². The largest absolute Gasteiger partial charge is 0.465 e. The van der Waals surface area contributed by atoms with Crippen LogP contribution in [0.25, 0.3) is 6.08 Å². The summed E-state index contributed by atoms with van der Waals surface area (Å²) in [6.07, 6.45) is 5.44. The van der Waals surface area contributed by atoms with E-state index in [2.05, 4.69) is 57.9 Å². The standard InChI is InChI=1S/C28H37N5O2/c1-19(2)13-25(29-28(34)23-15-20(3)14-21(4)16-23)27-31-30-26-8-9-32(10-11-33(26)27)18-22(5)17-24-7-6-12-35-24/h6-7,12,14-17,19,25H,8-11,13,18H2,1-5H3,(H,29,34)/b22-17+. The third kappa shape index (κ3) is 6.48. The van der Waals surface area contributed by atoms with Crippen LogP contribution in [0.15, 0.2) is 46.6 Å². The summed E-state index contributed by atoms with van der Waals surface area (Å²) in [4.78, 5) is 15.6. The molecule has 0 aliphatic carbocycles. The monoisotopic (exact) mass is 475 g/mol. The third-order valence-corrected chi connectivity index (χ3v) is 6.36. The number of carbonyl (C=O) groups is 1. The summed E-state index contributed by atoms with van der Waals surface area (Å²) in [5, 5.41) is 12.4. The number of amides is 1. The molecule has 0 fully saturated rings. The number of carbonyl (C=O) groups excluding carboxylic acids is 1. The molecule has 0 saturated carbocycles. The Morgan fingerprint density at radius 2 is 1.91 bits per heavy atom. The van der Waals surface area contributed by atoms with Gasteiger partial charge in [0.05, 0.1) is 12.3 Å². The van der Waals surface area contributed by atoms with Crippen molar-refractivity contribution in [3.63, 3.8) is 0 Å². The van der Waals surface area contributed by atoms with Crippen molar-refractivity contribution in [2.24, 2.45) is 5.92 Å². The van der Waals surface area contributed by atoms with Crippen LogP contribution in [0.4, 0.5) is 0 Å². The molecule has 1 aromatic carbocycles. The van der Waals surface area contributed by atoms with Crippen molar-refractivity contribution in [1.29, 1.82) is 0 Å². The summed E-state index contributed by atoms with van der Waals surface area (Å²) in [6, 6.07) is 9.66. The van der Waals surface area contributed by atoms with Crippen molar-refractivity contribution >= 4 is 12.0 Å². The number of benzene rings is 1. The molecule has 1 aliphatic heterocycles. The average molecular weight is 476 g/mol. The second kappa shape index (κ2) is 11.0. The van der Waals surface area contributed by atoms with Crippen LogP contribution in [0.5, 0.6) is 0 Å². The first-order chi connectivity index (χ1) is 16.8. The van der Waals surface area contributed by atoms with E-state index >= 15 is 0 Å². The van der Waals surface area contributed by atoms with Gasteiger partial charge in [-0.15, -0.1) is 10.2 Å². The third-order valence-electron chi connectivity index (χ3n) is 6.36. The number of fused-ring (bicyclic) bond motifs is 1. The minimum atomic E-state index is -0.184. The molecule has 0 saturated heterocycles. The van der Waals surface area contributed by atoms with E-state index in [1.165, 1.54) is 5.57 Å². The van der Waals surface area contributed by atoms with Crippen molar-refractivity contribution < 1.29 is 9.21 Å². The molecule has 7 nitrogen and oxygen atoms in total. The molecule has 3 heterocycles. The molecular formula is C28H37N5O2. The average Bonchev–Trinajstić information content (AvgIpc) is 3.39. The van der Waals surface area contributed by atoms with Gasteiger partial charge >= 0.3 is 0 Å². The van der Waals surface area contributed by atoms with Gasteiger partial charge in [-0.1, -0.05) is 36.6 Å².